The fourth-order valence-corrected chi connectivity index (χ4v) is 5.43. The van der Waals surface area contributed by atoms with Crippen LogP contribution in [0.4, 0.5) is 4.39 Å². The molecule has 0 saturated carbocycles. The van der Waals surface area contributed by atoms with E-state index >= 15 is 0 Å². The van der Waals surface area contributed by atoms with Crippen LogP contribution >= 0.6 is 11.3 Å². The molecule has 178 valence electrons. The van der Waals surface area contributed by atoms with E-state index in [0.29, 0.717) is 12.1 Å². The molecular formula is C28H31FN2O2S. The summed E-state index contributed by atoms with van der Waals surface area (Å²) in [5.41, 5.74) is 3.74. The van der Waals surface area contributed by atoms with E-state index in [4.69, 9.17) is 0 Å². The molecule has 1 aliphatic heterocycles. The number of carbonyl (C=O) groups is 2. The molecule has 4 nitrogen and oxygen atoms in total. The van der Waals surface area contributed by atoms with Gasteiger partial charge in [0, 0.05) is 23.0 Å². The first kappa shape index (κ1) is 24.1. The largest absolute Gasteiger partial charge is 0.330 e. The molecule has 2 heterocycles. The number of rotatable bonds is 7. The highest BCUT2D eigenvalue weighted by Gasteiger charge is 2.34. The molecule has 2 unspecified atom stereocenters. The maximum atomic E-state index is 13.7. The molecule has 0 fully saturated rings. The second-order valence-corrected chi connectivity index (χ2v) is 9.83. The van der Waals surface area contributed by atoms with E-state index in [2.05, 4.69) is 13.0 Å². The van der Waals surface area contributed by atoms with E-state index in [1.165, 1.54) is 22.6 Å². The topological polar surface area (TPSA) is 40.6 Å². The minimum Gasteiger partial charge on any atom is -0.330 e. The highest BCUT2D eigenvalue weighted by Crippen LogP contribution is 2.38. The monoisotopic (exact) mass is 478 g/mol. The van der Waals surface area contributed by atoms with E-state index in [-0.39, 0.29) is 36.3 Å². The number of hydrogen-bond acceptors (Lipinski definition) is 3. The first-order valence-corrected chi connectivity index (χ1v) is 12.8. The normalized spacial score (nSPS) is 16.1. The third kappa shape index (κ3) is 4.92. The first-order valence-electron chi connectivity index (χ1n) is 11.9. The molecule has 2 aromatic carbocycles. The van der Waals surface area contributed by atoms with Crippen LogP contribution in [-0.4, -0.2) is 40.7 Å². The van der Waals surface area contributed by atoms with Crippen LogP contribution in [0.15, 0.2) is 60.0 Å². The molecule has 6 heteroatoms. The minimum atomic E-state index is -0.300. The summed E-state index contributed by atoms with van der Waals surface area (Å²) in [6.07, 6.45) is 2.45. The predicted octanol–water partition coefficient (Wildman–Crippen LogP) is 5.86. The van der Waals surface area contributed by atoms with E-state index in [0.717, 1.165) is 30.4 Å². The molecule has 2 amide bonds. The van der Waals surface area contributed by atoms with Gasteiger partial charge >= 0.3 is 0 Å². The van der Waals surface area contributed by atoms with Crippen molar-refractivity contribution >= 4 is 23.2 Å². The summed E-state index contributed by atoms with van der Waals surface area (Å²) in [4.78, 5) is 31.9. The van der Waals surface area contributed by atoms with Gasteiger partial charge in [0.25, 0.3) is 5.91 Å². The van der Waals surface area contributed by atoms with Gasteiger partial charge in [-0.3, -0.25) is 9.59 Å². The van der Waals surface area contributed by atoms with Crippen LogP contribution in [-0.2, 0) is 17.6 Å². The summed E-state index contributed by atoms with van der Waals surface area (Å²) in [6, 6.07) is 15.7. The molecule has 1 aliphatic rings. The zero-order chi connectivity index (χ0) is 24.2. The Bertz CT molecular complexity index is 1140. The summed E-state index contributed by atoms with van der Waals surface area (Å²) in [5.74, 6) is -0.521. The highest BCUT2D eigenvalue weighted by atomic mass is 32.1. The lowest BCUT2D eigenvalue weighted by molar-refractivity contribution is -0.134. The van der Waals surface area contributed by atoms with Crippen LogP contribution in [0.25, 0.3) is 0 Å². The zero-order valence-electron chi connectivity index (χ0n) is 20.0. The number of amides is 2. The molecule has 0 saturated heterocycles. The number of aryl methyl sites for hydroxylation is 1. The molecule has 1 aromatic heterocycles. The Labute approximate surface area is 205 Å². The van der Waals surface area contributed by atoms with Gasteiger partial charge in [-0.15, -0.1) is 11.3 Å². The molecule has 4 rings (SSSR count). The second kappa shape index (κ2) is 10.5. The maximum absolute atomic E-state index is 13.7. The molecule has 0 radical (unpaired) electrons. The number of hydrogen-bond donors (Lipinski definition) is 0. The van der Waals surface area contributed by atoms with Gasteiger partial charge in [0.2, 0.25) is 5.91 Å². The molecule has 34 heavy (non-hydrogen) atoms. The quantitative estimate of drug-likeness (QED) is 0.426. The molecule has 2 atom stereocenters. The molecule has 0 N–H and O–H groups in total. The van der Waals surface area contributed by atoms with Crippen molar-refractivity contribution < 1.29 is 14.0 Å². The number of fused-ring (bicyclic) bond motifs is 1. The third-order valence-corrected chi connectivity index (χ3v) is 7.77. The summed E-state index contributed by atoms with van der Waals surface area (Å²) in [6.45, 7) is 6.67. The van der Waals surface area contributed by atoms with Gasteiger partial charge in [-0.1, -0.05) is 38.1 Å². The summed E-state index contributed by atoms with van der Waals surface area (Å²) in [5, 5.41) is 2.05. The van der Waals surface area contributed by atoms with Crippen molar-refractivity contribution in [2.45, 2.75) is 52.1 Å². The second-order valence-electron chi connectivity index (χ2n) is 8.83. The van der Waals surface area contributed by atoms with E-state index in [1.807, 2.05) is 48.4 Å². The van der Waals surface area contributed by atoms with Gasteiger partial charge < -0.3 is 9.80 Å². The Morgan fingerprint density at radius 1 is 1.09 bits per heavy atom. The van der Waals surface area contributed by atoms with Crippen LogP contribution in [0.5, 0.6) is 0 Å². The summed E-state index contributed by atoms with van der Waals surface area (Å²) >= 11 is 1.69. The predicted molar refractivity (Wildman–Crippen MR) is 135 cm³/mol. The van der Waals surface area contributed by atoms with Crippen LogP contribution in [0.1, 0.15) is 65.2 Å². The molecule has 0 aliphatic carbocycles. The Morgan fingerprint density at radius 2 is 1.79 bits per heavy atom. The van der Waals surface area contributed by atoms with E-state index < -0.39 is 0 Å². The lowest BCUT2D eigenvalue weighted by Gasteiger charge is -2.38. The lowest BCUT2D eigenvalue weighted by Crippen LogP contribution is -2.49. The average molecular weight is 479 g/mol. The Balaban J connectivity index is 1.62. The molecule has 0 spiro atoms. The van der Waals surface area contributed by atoms with Crippen LogP contribution in [0, 0.1) is 5.82 Å². The van der Waals surface area contributed by atoms with Crippen molar-refractivity contribution in [3.63, 3.8) is 0 Å². The zero-order valence-corrected chi connectivity index (χ0v) is 20.8. The van der Waals surface area contributed by atoms with Crippen LogP contribution < -0.4 is 0 Å². The summed E-state index contributed by atoms with van der Waals surface area (Å²) in [7, 11) is 0. The van der Waals surface area contributed by atoms with Gasteiger partial charge in [0.15, 0.2) is 0 Å². The van der Waals surface area contributed by atoms with Gasteiger partial charge in [-0.25, -0.2) is 4.39 Å². The standard InChI is InChI=1S/C28H31FN2O2S/c1-4-19(3)31(28(33)22-8-6-20(5-2)7-9-22)18-26(32)30-16-14-25-24(15-17-34-25)27(30)21-10-12-23(29)13-11-21/h6-13,15,17,19,27H,4-5,14,16,18H2,1-3H3. The van der Waals surface area contributed by atoms with Crippen molar-refractivity contribution in [2.75, 3.05) is 13.1 Å². The molecule has 0 bridgehead atoms. The fraction of sp³-hybridized carbons (Fsp3) is 0.357. The van der Waals surface area contributed by atoms with Crippen LogP contribution in [0.3, 0.4) is 0 Å². The Morgan fingerprint density at radius 3 is 2.44 bits per heavy atom. The molecule has 3 aromatic rings. The Hall–Kier alpha value is -2.99. The Kier molecular flexibility index (Phi) is 7.47. The maximum Gasteiger partial charge on any atom is 0.254 e. The van der Waals surface area contributed by atoms with Crippen molar-refractivity contribution in [1.82, 2.24) is 9.80 Å². The highest BCUT2D eigenvalue weighted by molar-refractivity contribution is 7.10. The van der Waals surface area contributed by atoms with Gasteiger partial charge in [0.05, 0.1) is 6.04 Å². The van der Waals surface area contributed by atoms with Crippen molar-refractivity contribution in [1.29, 1.82) is 0 Å². The van der Waals surface area contributed by atoms with Gasteiger partial charge in [-0.05, 0) is 78.6 Å². The SMILES string of the molecule is CCc1ccc(C(=O)N(CC(=O)N2CCc3sccc3C2c2ccc(F)cc2)C(C)CC)cc1. The van der Waals surface area contributed by atoms with Crippen LogP contribution in [0.2, 0.25) is 0 Å². The van der Waals surface area contributed by atoms with Crippen molar-refractivity contribution in [3.8, 4) is 0 Å². The minimum absolute atomic E-state index is 0.0144. The number of thiophene rings is 1. The number of carbonyl (C=O) groups excluding carboxylic acids is 2. The van der Waals surface area contributed by atoms with Gasteiger partial charge in [-0.2, -0.15) is 0 Å². The first-order chi connectivity index (χ1) is 16.4. The van der Waals surface area contributed by atoms with E-state index in [9.17, 15) is 14.0 Å². The number of halogens is 1. The fourth-order valence-electron chi connectivity index (χ4n) is 4.52. The lowest BCUT2D eigenvalue weighted by atomic mass is 9.93. The summed E-state index contributed by atoms with van der Waals surface area (Å²) < 4.78 is 13.6. The smallest absolute Gasteiger partial charge is 0.254 e. The number of benzene rings is 2. The third-order valence-electron chi connectivity index (χ3n) is 6.77. The molecular weight excluding hydrogens is 447 g/mol. The van der Waals surface area contributed by atoms with Crippen molar-refractivity contribution in [3.05, 3.63) is 92.9 Å². The average Bonchev–Trinajstić information content (AvgIpc) is 3.35. The number of nitrogens with zero attached hydrogens (tertiary/aromatic N) is 2. The van der Waals surface area contributed by atoms with Crippen molar-refractivity contribution in [2.24, 2.45) is 0 Å². The van der Waals surface area contributed by atoms with E-state index in [1.54, 1.807) is 28.4 Å². The van der Waals surface area contributed by atoms with Gasteiger partial charge in [0.1, 0.15) is 12.4 Å².